The minimum absolute atomic E-state index is 0.0479. The summed E-state index contributed by atoms with van der Waals surface area (Å²) in [7, 11) is -3.30. The largest absolute Gasteiger partial charge is 0.302 e. The standard InChI is InChI=1S/C25H20N2O4S2/c1-33(30,31)20-14-12-17(13-15-20)16-21(28)26-25-27-22(18-8-4-2-5-9-18)24(32-25)23(29)19-10-6-3-7-11-19/h2-15H,16H2,1H3,(H,26,27,28). The number of anilines is 1. The summed E-state index contributed by atoms with van der Waals surface area (Å²) in [6.45, 7) is 0. The molecule has 0 aliphatic heterocycles. The predicted molar refractivity (Wildman–Crippen MR) is 129 cm³/mol. The molecule has 1 heterocycles. The topological polar surface area (TPSA) is 93.2 Å². The molecule has 0 saturated heterocycles. The van der Waals surface area contributed by atoms with Crippen LogP contribution in [0.1, 0.15) is 20.8 Å². The van der Waals surface area contributed by atoms with Crippen LogP contribution in [0, 0.1) is 0 Å². The quantitative estimate of drug-likeness (QED) is 0.393. The van der Waals surface area contributed by atoms with Crippen molar-refractivity contribution in [3.8, 4) is 11.3 Å². The van der Waals surface area contributed by atoms with Crippen molar-refractivity contribution in [3.05, 3.63) is 101 Å². The van der Waals surface area contributed by atoms with Gasteiger partial charge in [0.25, 0.3) is 0 Å². The molecule has 0 fully saturated rings. The zero-order valence-corrected chi connectivity index (χ0v) is 19.3. The Morgan fingerprint density at radius 3 is 2.09 bits per heavy atom. The number of aromatic nitrogens is 1. The van der Waals surface area contributed by atoms with Crippen LogP contribution in [-0.4, -0.2) is 31.3 Å². The molecule has 1 aromatic heterocycles. The Hall–Kier alpha value is -3.62. The van der Waals surface area contributed by atoms with E-state index in [4.69, 9.17) is 0 Å². The Balaban J connectivity index is 1.58. The molecule has 33 heavy (non-hydrogen) atoms. The highest BCUT2D eigenvalue weighted by Gasteiger charge is 2.21. The van der Waals surface area contributed by atoms with Gasteiger partial charge in [0.05, 0.1) is 17.0 Å². The third-order valence-corrected chi connectivity index (χ3v) is 6.98. The summed E-state index contributed by atoms with van der Waals surface area (Å²) in [6.07, 6.45) is 1.18. The number of sulfone groups is 1. The van der Waals surface area contributed by atoms with Crippen molar-refractivity contribution in [2.24, 2.45) is 0 Å². The number of nitrogens with zero attached hydrogens (tertiary/aromatic N) is 1. The van der Waals surface area contributed by atoms with E-state index in [0.717, 1.165) is 23.2 Å². The summed E-state index contributed by atoms with van der Waals surface area (Å²) >= 11 is 1.13. The van der Waals surface area contributed by atoms with Crippen LogP contribution in [0.2, 0.25) is 0 Å². The Morgan fingerprint density at radius 2 is 1.48 bits per heavy atom. The molecule has 1 amide bonds. The number of hydrogen-bond acceptors (Lipinski definition) is 6. The van der Waals surface area contributed by atoms with Crippen LogP contribution >= 0.6 is 11.3 Å². The van der Waals surface area contributed by atoms with Crippen LogP contribution in [0.5, 0.6) is 0 Å². The van der Waals surface area contributed by atoms with Crippen molar-refractivity contribution in [2.75, 3.05) is 11.6 Å². The van der Waals surface area contributed by atoms with Crippen molar-refractivity contribution < 1.29 is 18.0 Å². The lowest BCUT2D eigenvalue weighted by molar-refractivity contribution is -0.115. The summed E-state index contributed by atoms with van der Waals surface area (Å²) in [5, 5.41) is 3.10. The number of thiazole rings is 1. The van der Waals surface area contributed by atoms with E-state index in [0.29, 0.717) is 26.8 Å². The van der Waals surface area contributed by atoms with Gasteiger partial charge in [-0.15, -0.1) is 0 Å². The van der Waals surface area contributed by atoms with Gasteiger partial charge in [-0.2, -0.15) is 0 Å². The highest BCUT2D eigenvalue weighted by atomic mass is 32.2. The monoisotopic (exact) mass is 476 g/mol. The molecule has 4 rings (SSSR count). The summed E-state index contributed by atoms with van der Waals surface area (Å²) in [4.78, 5) is 30.9. The van der Waals surface area contributed by atoms with E-state index in [1.54, 1.807) is 36.4 Å². The number of amides is 1. The first-order valence-electron chi connectivity index (χ1n) is 10.1. The first kappa shape index (κ1) is 22.6. The molecule has 6 nitrogen and oxygen atoms in total. The van der Waals surface area contributed by atoms with E-state index in [2.05, 4.69) is 10.3 Å². The van der Waals surface area contributed by atoms with Crippen molar-refractivity contribution in [1.82, 2.24) is 4.98 Å². The van der Waals surface area contributed by atoms with Crippen LogP contribution in [0.3, 0.4) is 0 Å². The first-order valence-corrected chi connectivity index (χ1v) is 12.8. The molecule has 0 unspecified atom stereocenters. The third kappa shape index (κ3) is 5.42. The van der Waals surface area contributed by atoms with Gasteiger partial charge in [-0.1, -0.05) is 84.1 Å². The molecule has 0 radical (unpaired) electrons. The van der Waals surface area contributed by atoms with Crippen molar-refractivity contribution in [3.63, 3.8) is 0 Å². The van der Waals surface area contributed by atoms with Crippen molar-refractivity contribution in [2.45, 2.75) is 11.3 Å². The number of rotatable bonds is 7. The van der Waals surface area contributed by atoms with Gasteiger partial charge in [-0.05, 0) is 17.7 Å². The molecule has 0 saturated carbocycles. The van der Waals surface area contributed by atoms with E-state index in [-0.39, 0.29) is 23.0 Å². The molecule has 0 atom stereocenters. The van der Waals surface area contributed by atoms with Gasteiger partial charge < -0.3 is 5.32 Å². The number of carbonyl (C=O) groups excluding carboxylic acids is 2. The lowest BCUT2D eigenvalue weighted by atomic mass is 10.1. The molecular weight excluding hydrogens is 456 g/mol. The maximum atomic E-state index is 13.2. The number of ketones is 1. The second-order valence-electron chi connectivity index (χ2n) is 7.40. The normalized spacial score (nSPS) is 11.2. The number of benzene rings is 3. The fourth-order valence-corrected chi connectivity index (χ4v) is 4.84. The second-order valence-corrected chi connectivity index (χ2v) is 10.4. The molecular formula is C25H20N2O4S2. The van der Waals surface area contributed by atoms with Gasteiger partial charge in [-0.25, -0.2) is 13.4 Å². The van der Waals surface area contributed by atoms with Crippen LogP contribution in [0.4, 0.5) is 5.13 Å². The van der Waals surface area contributed by atoms with E-state index >= 15 is 0 Å². The predicted octanol–water partition coefficient (Wildman–Crippen LogP) is 4.63. The summed E-state index contributed by atoms with van der Waals surface area (Å²) in [5.74, 6) is -0.474. The van der Waals surface area contributed by atoms with E-state index in [1.807, 2.05) is 36.4 Å². The summed E-state index contributed by atoms with van der Waals surface area (Å²) < 4.78 is 23.2. The fourth-order valence-electron chi connectivity index (χ4n) is 3.24. The smallest absolute Gasteiger partial charge is 0.230 e. The average molecular weight is 477 g/mol. The third-order valence-electron chi connectivity index (χ3n) is 4.88. The van der Waals surface area contributed by atoms with Crippen LogP contribution < -0.4 is 5.32 Å². The highest BCUT2D eigenvalue weighted by molar-refractivity contribution is 7.90. The molecule has 4 aromatic rings. The van der Waals surface area contributed by atoms with Gasteiger partial charge in [0.2, 0.25) is 11.7 Å². The highest BCUT2D eigenvalue weighted by Crippen LogP contribution is 2.33. The van der Waals surface area contributed by atoms with E-state index in [9.17, 15) is 18.0 Å². The SMILES string of the molecule is CS(=O)(=O)c1ccc(CC(=O)Nc2nc(-c3ccccc3)c(C(=O)c3ccccc3)s2)cc1. The Kier molecular flexibility index (Phi) is 6.48. The van der Waals surface area contributed by atoms with Crippen LogP contribution in [0.25, 0.3) is 11.3 Å². The van der Waals surface area contributed by atoms with Gasteiger partial charge in [0, 0.05) is 17.4 Å². The number of hydrogen-bond donors (Lipinski definition) is 1. The number of carbonyl (C=O) groups is 2. The van der Waals surface area contributed by atoms with Crippen molar-refractivity contribution >= 4 is 38.0 Å². The van der Waals surface area contributed by atoms with Gasteiger partial charge in [0.1, 0.15) is 4.88 Å². The van der Waals surface area contributed by atoms with Gasteiger partial charge >= 0.3 is 0 Å². The second kappa shape index (κ2) is 9.48. The van der Waals surface area contributed by atoms with Crippen LogP contribution in [-0.2, 0) is 21.1 Å². The summed E-state index contributed by atoms with van der Waals surface area (Å²) in [5.41, 5.74) is 2.51. The fraction of sp³-hybridized carbons (Fsp3) is 0.0800. The Labute approximate surface area is 195 Å². The van der Waals surface area contributed by atoms with Gasteiger partial charge in [-0.3, -0.25) is 9.59 Å². The van der Waals surface area contributed by atoms with Crippen LogP contribution in [0.15, 0.2) is 89.8 Å². The Bertz CT molecular complexity index is 1400. The molecule has 8 heteroatoms. The molecule has 0 bridgehead atoms. The zero-order valence-electron chi connectivity index (χ0n) is 17.7. The molecule has 3 aromatic carbocycles. The molecule has 166 valence electrons. The lowest BCUT2D eigenvalue weighted by Gasteiger charge is -2.03. The lowest BCUT2D eigenvalue weighted by Crippen LogP contribution is -2.14. The zero-order chi connectivity index (χ0) is 23.4. The Morgan fingerprint density at radius 1 is 0.879 bits per heavy atom. The molecule has 0 spiro atoms. The molecule has 1 N–H and O–H groups in total. The van der Waals surface area contributed by atoms with E-state index in [1.165, 1.54) is 12.1 Å². The minimum Gasteiger partial charge on any atom is -0.302 e. The van der Waals surface area contributed by atoms with Crippen molar-refractivity contribution in [1.29, 1.82) is 0 Å². The number of nitrogens with one attached hydrogen (secondary N) is 1. The molecule has 0 aliphatic rings. The maximum Gasteiger partial charge on any atom is 0.230 e. The summed E-state index contributed by atoms with van der Waals surface area (Å²) in [6, 6.07) is 24.5. The maximum absolute atomic E-state index is 13.2. The van der Waals surface area contributed by atoms with E-state index < -0.39 is 9.84 Å². The first-order chi connectivity index (χ1) is 15.8. The van der Waals surface area contributed by atoms with Gasteiger partial charge in [0.15, 0.2) is 15.0 Å². The molecule has 0 aliphatic carbocycles. The minimum atomic E-state index is -3.30. The average Bonchev–Trinajstić information content (AvgIpc) is 3.23.